The van der Waals surface area contributed by atoms with Crippen LogP contribution in [-0.4, -0.2) is 5.11 Å². The first-order valence-corrected chi connectivity index (χ1v) is 6.85. The van der Waals surface area contributed by atoms with Crippen LogP contribution in [0, 0.1) is 26.6 Å². The molecule has 1 nitrogen and oxygen atoms in total. The number of hydrogen-bond acceptors (Lipinski definition) is 1. The topological polar surface area (TPSA) is 20.2 Å². The second-order valence-corrected chi connectivity index (χ2v) is 5.79. The molecule has 0 bridgehead atoms. The lowest BCUT2D eigenvalue weighted by molar-refractivity contribution is 0.0560. The highest BCUT2D eigenvalue weighted by Crippen LogP contribution is 2.30. The average molecular weight is 272 g/mol. The molecule has 0 aliphatic carbocycles. The minimum absolute atomic E-state index is 0.267. The summed E-state index contributed by atoms with van der Waals surface area (Å²) < 4.78 is 13.8. The lowest BCUT2D eigenvalue weighted by Gasteiger charge is -2.27. The van der Waals surface area contributed by atoms with Crippen LogP contribution in [0.5, 0.6) is 0 Å². The van der Waals surface area contributed by atoms with E-state index in [4.69, 9.17) is 0 Å². The molecule has 0 saturated heterocycles. The maximum atomic E-state index is 13.8. The molecule has 0 radical (unpaired) electrons. The van der Waals surface area contributed by atoms with Crippen molar-refractivity contribution in [1.82, 2.24) is 0 Å². The SMILES string of the molecule is Cc1cc(C)c(C(C)(O)Cc2ccccc2F)cc1C. The van der Waals surface area contributed by atoms with Gasteiger partial charge in [-0.1, -0.05) is 30.3 Å². The molecule has 0 aliphatic rings. The third kappa shape index (κ3) is 2.91. The first-order valence-electron chi connectivity index (χ1n) is 6.85. The van der Waals surface area contributed by atoms with Gasteiger partial charge in [-0.15, -0.1) is 0 Å². The van der Waals surface area contributed by atoms with Crippen LogP contribution in [0.25, 0.3) is 0 Å². The summed E-state index contributed by atoms with van der Waals surface area (Å²) >= 11 is 0. The molecule has 1 unspecified atom stereocenters. The second kappa shape index (κ2) is 5.37. The minimum atomic E-state index is -1.08. The van der Waals surface area contributed by atoms with Crippen LogP contribution in [0.2, 0.25) is 0 Å². The van der Waals surface area contributed by atoms with E-state index in [9.17, 15) is 9.50 Å². The third-order valence-electron chi connectivity index (χ3n) is 3.91. The van der Waals surface area contributed by atoms with E-state index in [1.165, 1.54) is 11.6 Å². The van der Waals surface area contributed by atoms with Gasteiger partial charge in [0.15, 0.2) is 0 Å². The zero-order chi connectivity index (χ0) is 14.9. The molecule has 0 fully saturated rings. The largest absolute Gasteiger partial charge is 0.385 e. The van der Waals surface area contributed by atoms with E-state index in [0.717, 1.165) is 16.7 Å². The first-order chi connectivity index (χ1) is 9.31. The molecule has 106 valence electrons. The second-order valence-electron chi connectivity index (χ2n) is 5.79. The number of benzene rings is 2. The molecule has 0 amide bonds. The fourth-order valence-electron chi connectivity index (χ4n) is 2.65. The predicted octanol–water partition coefficient (Wildman–Crippen LogP) is 4.20. The Morgan fingerprint density at radius 2 is 1.60 bits per heavy atom. The van der Waals surface area contributed by atoms with Crippen LogP contribution >= 0.6 is 0 Å². The van der Waals surface area contributed by atoms with Crippen LogP contribution < -0.4 is 0 Å². The summed E-state index contributed by atoms with van der Waals surface area (Å²) in [5.41, 5.74) is 3.70. The van der Waals surface area contributed by atoms with Gasteiger partial charge >= 0.3 is 0 Å². The average Bonchev–Trinajstić information content (AvgIpc) is 2.36. The van der Waals surface area contributed by atoms with Crippen molar-refractivity contribution in [2.45, 2.75) is 39.7 Å². The quantitative estimate of drug-likeness (QED) is 0.887. The van der Waals surface area contributed by atoms with Crippen molar-refractivity contribution in [3.05, 3.63) is 70.0 Å². The van der Waals surface area contributed by atoms with E-state index < -0.39 is 5.60 Å². The molecule has 20 heavy (non-hydrogen) atoms. The molecular formula is C18H21FO. The Kier molecular flexibility index (Phi) is 3.96. The molecule has 0 aliphatic heterocycles. The van der Waals surface area contributed by atoms with Gasteiger partial charge in [0.05, 0.1) is 5.60 Å². The summed E-state index contributed by atoms with van der Waals surface area (Å²) in [7, 11) is 0. The Morgan fingerprint density at radius 3 is 2.25 bits per heavy atom. The van der Waals surface area contributed by atoms with E-state index in [2.05, 4.69) is 13.0 Å². The normalized spacial score (nSPS) is 14.1. The number of aliphatic hydroxyl groups is 1. The summed E-state index contributed by atoms with van der Waals surface area (Å²) in [6.45, 7) is 7.81. The van der Waals surface area contributed by atoms with Crippen molar-refractivity contribution in [2.24, 2.45) is 0 Å². The van der Waals surface area contributed by atoms with Gasteiger partial charge in [-0.2, -0.15) is 0 Å². The van der Waals surface area contributed by atoms with E-state index in [1.807, 2.05) is 19.9 Å². The van der Waals surface area contributed by atoms with E-state index in [0.29, 0.717) is 5.56 Å². The number of hydrogen-bond donors (Lipinski definition) is 1. The van der Waals surface area contributed by atoms with Crippen molar-refractivity contribution in [2.75, 3.05) is 0 Å². The lowest BCUT2D eigenvalue weighted by Crippen LogP contribution is -2.26. The van der Waals surface area contributed by atoms with Crippen LogP contribution in [-0.2, 0) is 12.0 Å². The number of aryl methyl sites for hydroxylation is 3. The van der Waals surface area contributed by atoms with Gasteiger partial charge in [0.25, 0.3) is 0 Å². The fraction of sp³-hybridized carbons (Fsp3) is 0.333. The van der Waals surface area contributed by atoms with Gasteiger partial charge in [-0.05, 0) is 61.6 Å². The summed E-state index contributed by atoms with van der Waals surface area (Å²) in [5.74, 6) is -0.269. The van der Waals surface area contributed by atoms with Crippen molar-refractivity contribution >= 4 is 0 Å². The Bertz CT molecular complexity index is 629. The highest BCUT2D eigenvalue weighted by Gasteiger charge is 2.27. The maximum absolute atomic E-state index is 13.8. The van der Waals surface area contributed by atoms with Crippen LogP contribution in [0.4, 0.5) is 4.39 Å². The molecule has 2 aromatic rings. The molecule has 0 aromatic heterocycles. The Morgan fingerprint density at radius 1 is 1.00 bits per heavy atom. The third-order valence-corrected chi connectivity index (χ3v) is 3.91. The number of rotatable bonds is 3. The minimum Gasteiger partial charge on any atom is -0.385 e. The Labute approximate surface area is 120 Å². The molecule has 2 heteroatoms. The van der Waals surface area contributed by atoms with Gasteiger partial charge in [0.1, 0.15) is 5.82 Å². The molecule has 2 aromatic carbocycles. The van der Waals surface area contributed by atoms with Gasteiger partial charge in [-0.3, -0.25) is 0 Å². The molecule has 0 saturated carbocycles. The highest BCUT2D eigenvalue weighted by molar-refractivity contribution is 5.40. The maximum Gasteiger partial charge on any atom is 0.126 e. The van der Waals surface area contributed by atoms with E-state index in [-0.39, 0.29) is 12.2 Å². The van der Waals surface area contributed by atoms with Crippen molar-refractivity contribution in [3.8, 4) is 0 Å². The van der Waals surface area contributed by atoms with Gasteiger partial charge < -0.3 is 5.11 Å². The fourth-order valence-corrected chi connectivity index (χ4v) is 2.65. The zero-order valence-electron chi connectivity index (χ0n) is 12.5. The van der Waals surface area contributed by atoms with Gasteiger partial charge in [0.2, 0.25) is 0 Å². The molecule has 1 N–H and O–H groups in total. The highest BCUT2D eigenvalue weighted by atomic mass is 19.1. The van der Waals surface area contributed by atoms with E-state index in [1.54, 1.807) is 25.1 Å². The Balaban J connectivity index is 2.40. The predicted molar refractivity (Wildman–Crippen MR) is 80.3 cm³/mol. The molecule has 0 spiro atoms. The molecule has 0 heterocycles. The summed E-state index contributed by atoms with van der Waals surface area (Å²) in [5, 5.41) is 10.8. The Hall–Kier alpha value is -1.67. The molecule has 2 rings (SSSR count). The monoisotopic (exact) mass is 272 g/mol. The standard InChI is InChI=1S/C18H21FO/c1-12-9-14(3)16(10-13(12)2)18(4,20)11-15-7-5-6-8-17(15)19/h5-10,20H,11H2,1-4H3. The summed E-state index contributed by atoms with van der Waals surface area (Å²) in [4.78, 5) is 0. The van der Waals surface area contributed by atoms with Crippen molar-refractivity contribution in [1.29, 1.82) is 0 Å². The molecule has 1 atom stereocenters. The lowest BCUT2D eigenvalue weighted by atomic mass is 9.84. The number of halogens is 1. The summed E-state index contributed by atoms with van der Waals surface area (Å²) in [6, 6.07) is 10.7. The van der Waals surface area contributed by atoms with Crippen LogP contribution in [0.3, 0.4) is 0 Å². The molecular weight excluding hydrogens is 251 g/mol. The van der Waals surface area contributed by atoms with Crippen molar-refractivity contribution < 1.29 is 9.50 Å². The summed E-state index contributed by atoms with van der Waals surface area (Å²) in [6.07, 6.45) is 0.267. The zero-order valence-corrected chi connectivity index (χ0v) is 12.5. The van der Waals surface area contributed by atoms with Gasteiger partial charge in [0, 0.05) is 6.42 Å². The van der Waals surface area contributed by atoms with Crippen LogP contribution in [0.1, 0.15) is 34.7 Å². The van der Waals surface area contributed by atoms with Crippen LogP contribution in [0.15, 0.2) is 36.4 Å². The van der Waals surface area contributed by atoms with E-state index >= 15 is 0 Å². The van der Waals surface area contributed by atoms with Gasteiger partial charge in [-0.25, -0.2) is 4.39 Å². The first kappa shape index (κ1) is 14.7. The van der Waals surface area contributed by atoms with Crippen molar-refractivity contribution in [3.63, 3.8) is 0 Å². The smallest absolute Gasteiger partial charge is 0.126 e.